The van der Waals surface area contributed by atoms with Gasteiger partial charge in [0.1, 0.15) is 6.61 Å². The van der Waals surface area contributed by atoms with Crippen LogP contribution >= 0.6 is 11.8 Å². The van der Waals surface area contributed by atoms with Crippen LogP contribution in [0.4, 0.5) is 0 Å². The lowest BCUT2D eigenvalue weighted by Crippen LogP contribution is -2.24. The molecule has 0 spiro atoms. The Hall–Kier alpha value is -3.33. The number of hydrogen-bond acceptors (Lipinski definition) is 8. The number of rotatable bonds is 5. The number of benzene rings is 2. The van der Waals surface area contributed by atoms with Crippen LogP contribution in [0.15, 0.2) is 64.3 Å². The molecule has 1 atom stereocenters. The number of ether oxygens (including phenoxy) is 2. The first-order valence-electron chi connectivity index (χ1n) is 9.06. The zero-order valence-electron chi connectivity index (χ0n) is 15.6. The van der Waals surface area contributed by atoms with Crippen LogP contribution in [0.5, 0.6) is 11.5 Å². The van der Waals surface area contributed by atoms with E-state index >= 15 is 0 Å². The standard InChI is InChI=1S/C20H17N5O3S/c1-25-18(16-11-26-14-9-5-6-10-15(14)27-16)22-23-20(25)29-12-17-21-19(28-24-17)13-7-3-2-4-8-13/h2-10,16H,11-12H2,1H3. The summed E-state index contributed by atoms with van der Waals surface area (Å²) in [6.45, 7) is 0.388. The number of fused-ring (bicyclic) bond motifs is 1. The Morgan fingerprint density at radius 2 is 1.83 bits per heavy atom. The molecule has 0 N–H and O–H groups in total. The maximum atomic E-state index is 6.03. The Labute approximate surface area is 170 Å². The Kier molecular flexibility index (Phi) is 4.65. The van der Waals surface area contributed by atoms with Crippen molar-refractivity contribution in [2.45, 2.75) is 17.0 Å². The van der Waals surface area contributed by atoms with Crippen molar-refractivity contribution in [1.29, 1.82) is 0 Å². The largest absolute Gasteiger partial charge is 0.485 e. The molecule has 1 aliphatic heterocycles. The van der Waals surface area contributed by atoms with Gasteiger partial charge in [-0.15, -0.1) is 10.2 Å². The summed E-state index contributed by atoms with van der Waals surface area (Å²) in [6, 6.07) is 17.3. The lowest BCUT2D eigenvalue weighted by molar-refractivity contribution is 0.0825. The molecule has 0 saturated carbocycles. The van der Waals surface area contributed by atoms with Crippen LogP contribution < -0.4 is 9.47 Å². The fraction of sp³-hybridized carbons (Fsp3) is 0.200. The third-order valence-electron chi connectivity index (χ3n) is 4.48. The highest BCUT2D eigenvalue weighted by atomic mass is 32.2. The first-order chi connectivity index (χ1) is 14.3. The van der Waals surface area contributed by atoms with E-state index in [0.29, 0.717) is 35.6 Å². The smallest absolute Gasteiger partial charge is 0.257 e. The van der Waals surface area contributed by atoms with Crippen LogP contribution in [-0.2, 0) is 12.8 Å². The van der Waals surface area contributed by atoms with Crippen molar-refractivity contribution in [3.63, 3.8) is 0 Å². The van der Waals surface area contributed by atoms with Gasteiger partial charge in [0, 0.05) is 12.6 Å². The van der Waals surface area contributed by atoms with Crippen LogP contribution in [0.2, 0.25) is 0 Å². The molecular weight excluding hydrogens is 390 g/mol. The number of para-hydroxylation sites is 2. The molecule has 0 saturated heterocycles. The quantitative estimate of drug-likeness (QED) is 0.463. The van der Waals surface area contributed by atoms with E-state index in [1.807, 2.05) is 66.2 Å². The molecule has 3 heterocycles. The van der Waals surface area contributed by atoms with E-state index in [2.05, 4.69) is 20.3 Å². The Balaban J connectivity index is 1.27. The zero-order valence-corrected chi connectivity index (χ0v) is 16.4. The van der Waals surface area contributed by atoms with E-state index in [-0.39, 0.29) is 6.10 Å². The van der Waals surface area contributed by atoms with Gasteiger partial charge in [-0.3, -0.25) is 0 Å². The highest BCUT2D eigenvalue weighted by Gasteiger charge is 2.27. The van der Waals surface area contributed by atoms with E-state index in [1.54, 1.807) is 0 Å². The molecule has 1 unspecified atom stereocenters. The highest BCUT2D eigenvalue weighted by Crippen LogP contribution is 2.36. The second kappa shape index (κ2) is 7.59. The first-order valence-corrected chi connectivity index (χ1v) is 10.0. The first kappa shape index (κ1) is 17.7. The van der Waals surface area contributed by atoms with Gasteiger partial charge in [-0.2, -0.15) is 4.98 Å². The minimum absolute atomic E-state index is 0.313. The molecule has 0 bridgehead atoms. The summed E-state index contributed by atoms with van der Waals surface area (Å²) in [7, 11) is 1.91. The van der Waals surface area contributed by atoms with Crippen LogP contribution in [-0.4, -0.2) is 31.5 Å². The van der Waals surface area contributed by atoms with Gasteiger partial charge in [-0.1, -0.05) is 47.3 Å². The minimum Gasteiger partial charge on any atom is -0.485 e. The molecule has 2 aromatic heterocycles. The van der Waals surface area contributed by atoms with Gasteiger partial charge in [0.2, 0.25) is 0 Å². The van der Waals surface area contributed by atoms with Crippen molar-refractivity contribution in [3.05, 3.63) is 66.2 Å². The molecule has 8 nitrogen and oxygen atoms in total. The van der Waals surface area contributed by atoms with Crippen molar-refractivity contribution < 1.29 is 14.0 Å². The molecule has 9 heteroatoms. The molecule has 0 fully saturated rings. The average molecular weight is 407 g/mol. The summed E-state index contributed by atoms with van der Waals surface area (Å²) >= 11 is 1.49. The van der Waals surface area contributed by atoms with Crippen molar-refractivity contribution in [1.82, 2.24) is 24.9 Å². The Morgan fingerprint density at radius 3 is 2.69 bits per heavy atom. The van der Waals surface area contributed by atoms with E-state index in [9.17, 15) is 0 Å². The summed E-state index contributed by atoms with van der Waals surface area (Å²) in [4.78, 5) is 4.45. The zero-order chi connectivity index (χ0) is 19.6. The predicted octanol–water partition coefficient (Wildman–Crippen LogP) is 3.67. The highest BCUT2D eigenvalue weighted by molar-refractivity contribution is 7.98. The van der Waals surface area contributed by atoms with Crippen LogP contribution in [0.3, 0.4) is 0 Å². The van der Waals surface area contributed by atoms with Gasteiger partial charge in [0.25, 0.3) is 5.89 Å². The summed E-state index contributed by atoms with van der Waals surface area (Å²) in [5, 5.41) is 13.4. The van der Waals surface area contributed by atoms with Crippen molar-refractivity contribution in [2.75, 3.05) is 6.61 Å². The van der Waals surface area contributed by atoms with E-state index < -0.39 is 0 Å². The third kappa shape index (κ3) is 3.56. The van der Waals surface area contributed by atoms with Gasteiger partial charge >= 0.3 is 0 Å². The molecule has 0 amide bonds. The van der Waals surface area contributed by atoms with E-state index in [4.69, 9.17) is 14.0 Å². The molecule has 146 valence electrons. The van der Waals surface area contributed by atoms with Crippen molar-refractivity contribution >= 4 is 11.8 Å². The maximum Gasteiger partial charge on any atom is 0.257 e. The van der Waals surface area contributed by atoms with Crippen molar-refractivity contribution in [2.24, 2.45) is 7.05 Å². The molecule has 0 aliphatic carbocycles. The second-order valence-corrected chi connectivity index (χ2v) is 7.38. The fourth-order valence-corrected chi connectivity index (χ4v) is 3.78. The van der Waals surface area contributed by atoms with Gasteiger partial charge in [-0.25, -0.2) is 0 Å². The summed E-state index contributed by atoms with van der Waals surface area (Å²) in [6.07, 6.45) is -0.313. The topological polar surface area (TPSA) is 88.1 Å². The molecule has 1 aliphatic rings. The Bertz CT molecular complexity index is 1130. The molecule has 2 aromatic carbocycles. The van der Waals surface area contributed by atoms with E-state index in [0.717, 1.165) is 16.5 Å². The lowest BCUT2D eigenvalue weighted by atomic mass is 10.2. The van der Waals surface area contributed by atoms with Crippen molar-refractivity contribution in [3.8, 4) is 23.0 Å². The summed E-state index contributed by atoms with van der Waals surface area (Å²) < 4.78 is 19.1. The summed E-state index contributed by atoms with van der Waals surface area (Å²) in [5.74, 6) is 3.79. The minimum atomic E-state index is -0.313. The predicted molar refractivity (Wildman–Crippen MR) is 106 cm³/mol. The average Bonchev–Trinajstić information content (AvgIpc) is 3.39. The van der Waals surface area contributed by atoms with Gasteiger partial charge in [-0.05, 0) is 24.3 Å². The van der Waals surface area contributed by atoms with Crippen LogP contribution in [0, 0.1) is 0 Å². The third-order valence-corrected chi connectivity index (χ3v) is 5.50. The monoisotopic (exact) mass is 407 g/mol. The molecule has 29 heavy (non-hydrogen) atoms. The van der Waals surface area contributed by atoms with E-state index in [1.165, 1.54) is 11.8 Å². The normalized spacial score (nSPS) is 15.4. The number of nitrogens with zero attached hydrogens (tertiary/aromatic N) is 5. The SMILES string of the molecule is Cn1c(SCc2noc(-c3ccccc3)n2)nnc1C1COc2ccccc2O1. The fourth-order valence-electron chi connectivity index (χ4n) is 3.02. The summed E-state index contributed by atoms with van der Waals surface area (Å²) in [5.41, 5.74) is 0.895. The molecular formula is C20H17N5O3S. The molecule has 5 rings (SSSR count). The van der Waals surface area contributed by atoms with Gasteiger partial charge in [0.15, 0.2) is 34.4 Å². The Morgan fingerprint density at radius 1 is 1.03 bits per heavy atom. The second-order valence-electron chi connectivity index (χ2n) is 6.43. The lowest BCUT2D eigenvalue weighted by Gasteiger charge is -2.25. The number of thioether (sulfide) groups is 1. The maximum absolute atomic E-state index is 6.03. The number of aromatic nitrogens is 5. The number of hydrogen-bond donors (Lipinski definition) is 0. The van der Waals surface area contributed by atoms with Gasteiger partial charge in [0.05, 0.1) is 5.75 Å². The molecule has 4 aromatic rings. The van der Waals surface area contributed by atoms with Gasteiger partial charge < -0.3 is 18.6 Å². The van der Waals surface area contributed by atoms with Crippen LogP contribution in [0.25, 0.3) is 11.5 Å². The van der Waals surface area contributed by atoms with Crippen LogP contribution in [0.1, 0.15) is 17.8 Å². The molecule has 0 radical (unpaired) electrons.